The molecule has 0 atom stereocenters. The minimum Gasteiger partial charge on any atom is -0.494 e. The molecule has 0 bridgehead atoms. The van der Waals surface area contributed by atoms with Gasteiger partial charge in [-0.1, -0.05) is 26.0 Å². The van der Waals surface area contributed by atoms with Crippen molar-refractivity contribution in [3.63, 3.8) is 0 Å². The lowest BCUT2D eigenvalue weighted by Gasteiger charge is -2.39. The first-order valence-corrected chi connectivity index (χ1v) is 7.57. The van der Waals surface area contributed by atoms with Crippen LogP contribution in [0.4, 0.5) is 0 Å². The van der Waals surface area contributed by atoms with Crippen LogP contribution in [-0.4, -0.2) is 6.61 Å². The molecule has 0 unspecified atom stereocenters. The van der Waals surface area contributed by atoms with E-state index in [-0.39, 0.29) is 5.54 Å². The summed E-state index contributed by atoms with van der Waals surface area (Å²) in [6.45, 7) is 7.36. The summed E-state index contributed by atoms with van der Waals surface area (Å²) in [5, 5.41) is 0. The van der Waals surface area contributed by atoms with Crippen LogP contribution in [0.3, 0.4) is 0 Å². The second-order valence-corrected chi connectivity index (χ2v) is 6.20. The highest BCUT2D eigenvalue weighted by atomic mass is 16.5. The van der Waals surface area contributed by atoms with E-state index in [9.17, 15) is 0 Å². The van der Waals surface area contributed by atoms with Crippen LogP contribution in [0.25, 0.3) is 0 Å². The third kappa shape index (κ3) is 3.30. The summed E-state index contributed by atoms with van der Waals surface area (Å²) < 4.78 is 5.59. The summed E-state index contributed by atoms with van der Waals surface area (Å²) >= 11 is 0. The molecule has 2 rings (SSSR count). The minimum atomic E-state index is -0.154. The lowest BCUT2D eigenvalue weighted by molar-refractivity contribution is 0.195. The van der Waals surface area contributed by atoms with Gasteiger partial charge in [-0.05, 0) is 62.1 Å². The van der Waals surface area contributed by atoms with Crippen molar-refractivity contribution >= 4 is 0 Å². The Morgan fingerprint density at radius 1 is 1.32 bits per heavy atom. The van der Waals surface area contributed by atoms with Gasteiger partial charge >= 0.3 is 0 Å². The van der Waals surface area contributed by atoms with Crippen LogP contribution in [0.2, 0.25) is 0 Å². The van der Waals surface area contributed by atoms with E-state index in [1.54, 1.807) is 0 Å². The number of hydrogen-bond donors (Lipinski definition) is 1. The van der Waals surface area contributed by atoms with Gasteiger partial charge in [-0.15, -0.1) is 0 Å². The average molecular weight is 261 g/mol. The molecule has 0 heterocycles. The van der Waals surface area contributed by atoms with E-state index in [2.05, 4.69) is 32.0 Å². The third-order valence-electron chi connectivity index (χ3n) is 4.59. The quantitative estimate of drug-likeness (QED) is 0.886. The lowest BCUT2D eigenvalue weighted by Crippen LogP contribution is -2.41. The highest BCUT2D eigenvalue weighted by Crippen LogP contribution is 2.40. The molecule has 2 nitrogen and oxygen atoms in total. The molecule has 1 fully saturated rings. The van der Waals surface area contributed by atoms with Crippen LogP contribution in [0.1, 0.15) is 52.0 Å². The molecule has 0 aliphatic heterocycles. The first-order chi connectivity index (χ1) is 9.05. The van der Waals surface area contributed by atoms with E-state index in [4.69, 9.17) is 10.5 Å². The second kappa shape index (κ2) is 5.96. The van der Waals surface area contributed by atoms with Gasteiger partial charge in [-0.25, -0.2) is 0 Å². The number of hydrogen-bond acceptors (Lipinski definition) is 2. The van der Waals surface area contributed by atoms with Crippen LogP contribution in [0, 0.1) is 11.8 Å². The summed E-state index contributed by atoms with van der Waals surface area (Å²) in [4.78, 5) is 0. The summed E-state index contributed by atoms with van der Waals surface area (Å²) in [5.74, 6) is 2.56. The highest BCUT2D eigenvalue weighted by molar-refractivity contribution is 5.33. The van der Waals surface area contributed by atoms with Crippen molar-refractivity contribution in [2.45, 2.75) is 52.0 Å². The largest absolute Gasteiger partial charge is 0.494 e. The van der Waals surface area contributed by atoms with E-state index >= 15 is 0 Å². The van der Waals surface area contributed by atoms with Gasteiger partial charge in [0.1, 0.15) is 5.75 Å². The van der Waals surface area contributed by atoms with E-state index in [0.717, 1.165) is 30.4 Å². The van der Waals surface area contributed by atoms with Crippen LogP contribution in [-0.2, 0) is 5.54 Å². The molecule has 1 aliphatic rings. The lowest BCUT2D eigenvalue weighted by atomic mass is 9.70. The Bertz CT molecular complexity index is 405. The third-order valence-corrected chi connectivity index (χ3v) is 4.59. The molecule has 2 heteroatoms. The van der Waals surface area contributed by atoms with Gasteiger partial charge < -0.3 is 10.5 Å². The Hall–Kier alpha value is -1.02. The van der Waals surface area contributed by atoms with Crippen molar-refractivity contribution < 1.29 is 4.74 Å². The monoisotopic (exact) mass is 261 g/mol. The van der Waals surface area contributed by atoms with Gasteiger partial charge in [0.2, 0.25) is 0 Å². The van der Waals surface area contributed by atoms with Gasteiger partial charge in [0.05, 0.1) is 6.61 Å². The Morgan fingerprint density at radius 2 is 2.00 bits per heavy atom. The molecule has 19 heavy (non-hydrogen) atoms. The molecule has 1 aromatic rings. The summed E-state index contributed by atoms with van der Waals surface area (Å²) in [7, 11) is 0. The highest BCUT2D eigenvalue weighted by Gasteiger charge is 2.34. The summed E-state index contributed by atoms with van der Waals surface area (Å²) in [6, 6.07) is 8.34. The Balaban J connectivity index is 2.10. The van der Waals surface area contributed by atoms with Crippen molar-refractivity contribution in [2.24, 2.45) is 17.6 Å². The van der Waals surface area contributed by atoms with Gasteiger partial charge in [0.25, 0.3) is 0 Å². The Kier molecular flexibility index (Phi) is 4.51. The minimum absolute atomic E-state index is 0.154. The van der Waals surface area contributed by atoms with Crippen LogP contribution in [0.15, 0.2) is 24.3 Å². The molecule has 1 aromatic carbocycles. The van der Waals surface area contributed by atoms with Gasteiger partial charge in [0.15, 0.2) is 0 Å². The number of ether oxygens (including phenoxy) is 1. The molecule has 0 amide bonds. The van der Waals surface area contributed by atoms with Crippen LogP contribution < -0.4 is 10.5 Å². The maximum Gasteiger partial charge on any atom is 0.119 e. The first-order valence-electron chi connectivity index (χ1n) is 7.57. The van der Waals surface area contributed by atoms with E-state index < -0.39 is 0 Å². The zero-order chi connectivity index (χ0) is 13.9. The topological polar surface area (TPSA) is 35.2 Å². The van der Waals surface area contributed by atoms with E-state index in [0.29, 0.717) is 6.61 Å². The van der Waals surface area contributed by atoms with Crippen molar-refractivity contribution in [3.05, 3.63) is 29.8 Å². The number of nitrogens with two attached hydrogens (primary N) is 1. The van der Waals surface area contributed by atoms with E-state index in [1.807, 2.05) is 13.0 Å². The fourth-order valence-corrected chi connectivity index (χ4v) is 3.17. The average Bonchev–Trinajstić information content (AvgIpc) is 2.40. The fraction of sp³-hybridized carbons (Fsp3) is 0.647. The number of benzene rings is 1. The smallest absolute Gasteiger partial charge is 0.119 e. The van der Waals surface area contributed by atoms with Crippen LogP contribution >= 0.6 is 0 Å². The molecule has 0 radical (unpaired) electrons. The Labute approximate surface area is 117 Å². The number of rotatable bonds is 4. The van der Waals surface area contributed by atoms with E-state index in [1.165, 1.54) is 18.4 Å². The standard InChI is InChI=1S/C17H27NO/c1-4-19-16-7-5-6-15(12-16)17(18)10-8-14(9-11-17)13(2)3/h5-7,12-14H,4,8-11,18H2,1-3H3. The second-order valence-electron chi connectivity index (χ2n) is 6.20. The normalized spacial score (nSPS) is 27.5. The van der Waals surface area contributed by atoms with Crippen molar-refractivity contribution in [1.82, 2.24) is 0 Å². The molecular formula is C17H27NO. The zero-order valence-corrected chi connectivity index (χ0v) is 12.5. The van der Waals surface area contributed by atoms with Gasteiger partial charge in [0, 0.05) is 5.54 Å². The molecule has 106 valence electrons. The molecule has 0 aromatic heterocycles. The maximum absolute atomic E-state index is 6.65. The molecule has 2 N–H and O–H groups in total. The SMILES string of the molecule is CCOc1cccc(C2(N)CCC(C(C)C)CC2)c1. The maximum atomic E-state index is 6.65. The van der Waals surface area contributed by atoms with Crippen LogP contribution in [0.5, 0.6) is 5.75 Å². The van der Waals surface area contributed by atoms with Gasteiger partial charge in [-0.3, -0.25) is 0 Å². The van der Waals surface area contributed by atoms with Crippen molar-refractivity contribution in [3.8, 4) is 5.75 Å². The predicted octanol–water partition coefficient (Wildman–Crippen LogP) is 4.09. The zero-order valence-electron chi connectivity index (χ0n) is 12.5. The fourth-order valence-electron chi connectivity index (χ4n) is 3.17. The molecule has 1 aliphatic carbocycles. The summed E-state index contributed by atoms with van der Waals surface area (Å²) in [5.41, 5.74) is 7.73. The van der Waals surface area contributed by atoms with Gasteiger partial charge in [-0.2, -0.15) is 0 Å². The Morgan fingerprint density at radius 3 is 2.58 bits per heavy atom. The first kappa shape index (κ1) is 14.4. The van der Waals surface area contributed by atoms with Crippen molar-refractivity contribution in [1.29, 1.82) is 0 Å². The molecular weight excluding hydrogens is 234 g/mol. The van der Waals surface area contributed by atoms with Crippen molar-refractivity contribution in [2.75, 3.05) is 6.61 Å². The molecule has 0 spiro atoms. The molecule has 0 saturated heterocycles. The summed E-state index contributed by atoms with van der Waals surface area (Å²) in [6.07, 6.45) is 4.66. The molecule has 1 saturated carbocycles. The predicted molar refractivity (Wildman–Crippen MR) is 80.3 cm³/mol.